The summed E-state index contributed by atoms with van der Waals surface area (Å²) < 4.78 is 27.8. The maximum atomic E-state index is 13.1. The lowest BCUT2D eigenvalue weighted by Crippen LogP contribution is -2.32. The van der Waals surface area contributed by atoms with Crippen molar-refractivity contribution in [2.75, 3.05) is 13.1 Å². The Morgan fingerprint density at radius 2 is 1.72 bits per heavy atom. The van der Waals surface area contributed by atoms with E-state index in [9.17, 15) is 13.2 Å². The van der Waals surface area contributed by atoms with Crippen LogP contribution >= 0.6 is 11.6 Å². The van der Waals surface area contributed by atoms with Crippen molar-refractivity contribution in [2.24, 2.45) is 0 Å². The van der Waals surface area contributed by atoms with Crippen LogP contribution in [0.4, 0.5) is 0 Å². The first kappa shape index (κ1) is 21.8. The monoisotopic (exact) mass is 434 g/mol. The van der Waals surface area contributed by atoms with Crippen LogP contribution in [0.1, 0.15) is 61.0 Å². The molecule has 0 bridgehead atoms. The number of hydrogen-bond donors (Lipinski definition) is 1. The van der Waals surface area contributed by atoms with Gasteiger partial charge in [0.1, 0.15) is 4.90 Å². The molecule has 0 unspecified atom stereocenters. The summed E-state index contributed by atoms with van der Waals surface area (Å²) in [6.07, 6.45) is 4.46. The van der Waals surface area contributed by atoms with Crippen molar-refractivity contribution in [3.8, 4) is 0 Å². The van der Waals surface area contributed by atoms with E-state index in [1.807, 2.05) is 37.3 Å². The number of carbonyl (C=O) groups is 1. The van der Waals surface area contributed by atoms with E-state index >= 15 is 0 Å². The predicted octanol–water partition coefficient (Wildman–Crippen LogP) is 4.79. The highest BCUT2D eigenvalue weighted by Gasteiger charge is 2.28. The molecule has 1 amide bonds. The number of amides is 1. The third kappa shape index (κ3) is 5.18. The maximum absolute atomic E-state index is 13.1. The second kappa shape index (κ2) is 9.74. The topological polar surface area (TPSA) is 66.5 Å². The first-order chi connectivity index (χ1) is 13.9. The van der Waals surface area contributed by atoms with Crippen LogP contribution in [0.2, 0.25) is 5.02 Å². The minimum absolute atomic E-state index is 0.00137. The van der Waals surface area contributed by atoms with E-state index in [0.29, 0.717) is 13.1 Å². The van der Waals surface area contributed by atoms with E-state index in [0.717, 1.165) is 37.7 Å². The van der Waals surface area contributed by atoms with Crippen LogP contribution in [-0.4, -0.2) is 31.7 Å². The number of hydrogen-bond acceptors (Lipinski definition) is 3. The van der Waals surface area contributed by atoms with Gasteiger partial charge in [-0.05, 0) is 43.0 Å². The van der Waals surface area contributed by atoms with Gasteiger partial charge in [0.25, 0.3) is 5.91 Å². The van der Waals surface area contributed by atoms with E-state index in [1.54, 1.807) is 6.07 Å². The molecule has 2 aromatic carbocycles. The van der Waals surface area contributed by atoms with Gasteiger partial charge < -0.3 is 5.32 Å². The Bertz CT molecular complexity index is 940. The van der Waals surface area contributed by atoms with Gasteiger partial charge in [0.05, 0.1) is 11.1 Å². The van der Waals surface area contributed by atoms with Gasteiger partial charge in [-0.2, -0.15) is 4.31 Å². The molecule has 1 aliphatic heterocycles. The highest BCUT2D eigenvalue weighted by Crippen LogP contribution is 2.28. The number of nitrogens with one attached hydrogen (secondary N) is 1. The third-order valence-corrected chi connectivity index (χ3v) is 7.67. The SMILES string of the molecule is CC[C@@H](NC(=O)c1ccc(Cl)c(S(=O)(=O)N2CCCCCC2)c1)c1ccccc1. The summed E-state index contributed by atoms with van der Waals surface area (Å²) in [7, 11) is -3.74. The van der Waals surface area contributed by atoms with E-state index in [4.69, 9.17) is 11.6 Å². The molecule has 156 valence electrons. The molecule has 1 aliphatic rings. The first-order valence-corrected chi connectivity index (χ1v) is 11.9. The van der Waals surface area contributed by atoms with Crippen LogP contribution in [-0.2, 0) is 10.0 Å². The molecule has 1 fully saturated rings. The van der Waals surface area contributed by atoms with Crippen molar-refractivity contribution >= 4 is 27.5 Å². The number of nitrogens with zero attached hydrogens (tertiary/aromatic N) is 1. The van der Waals surface area contributed by atoms with Crippen LogP contribution in [0.5, 0.6) is 0 Å². The molecule has 3 rings (SSSR count). The normalized spacial score (nSPS) is 16.8. The van der Waals surface area contributed by atoms with E-state index in [-0.39, 0.29) is 27.4 Å². The molecule has 0 spiro atoms. The van der Waals surface area contributed by atoms with Crippen molar-refractivity contribution in [3.05, 3.63) is 64.7 Å². The number of halogens is 1. The molecule has 5 nitrogen and oxygen atoms in total. The molecule has 1 N–H and O–H groups in total. The van der Waals surface area contributed by atoms with Crippen LogP contribution in [0, 0.1) is 0 Å². The average Bonchev–Trinajstić information content (AvgIpc) is 3.03. The Hall–Kier alpha value is -1.89. The lowest BCUT2D eigenvalue weighted by molar-refractivity contribution is 0.0935. The summed E-state index contributed by atoms with van der Waals surface area (Å²) in [5.74, 6) is -0.315. The summed E-state index contributed by atoms with van der Waals surface area (Å²) in [4.78, 5) is 12.8. The fourth-order valence-corrected chi connectivity index (χ4v) is 5.63. The van der Waals surface area contributed by atoms with Crippen molar-refractivity contribution in [1.29, 1.82) is 0 Å². The summed E-state index contributed by atoms with van der Waals surface area (Å²) in [5.41, 5.74) is 1.30. The summed E-state index contributed by atoms with van der Waals surface area (Å²) >= 11 is 6.24. The van der Waals surface area contributed by atoms with Gasteiger partial charge in [-0.1, -0.05) is 61.7 Å². The molecule has 29 heavy (non-hydrogen) atoms. The van der Waals surface area contributed by atoms with E-state index in [1.165, 1.54) is 16.4 Å². The molecular weight excluding hydrogens is 408 g/mol. The Kier molecular flexibility index (Phi) is 7.33. The molecule has 1 heterocycles. The maximum Gasteiger partial charge on any atom is 0.251 e. The highest BCUT2D eigenvalue weighted by molar-refractivity contribution is 7.89. The molecular formula is C22H27ClN2O3S. The van der Waals surface area contributed by atoms with Crippen molar-refractivity contribution in [1.82, 2.24) is 9.62 Å². The minimum atomic E-state index is -3.74. The molecule has 7 heteroatoms. The van der Waals surface area contributed by atoms with Gasteiger partial charge in [0.2, 0.25) is 10.0 Å². The Balaban J connectivity index is 1.85. The Labute approximate surface area is 178 Å². The minimum Gasteiger partial charge on any atom is -0.345 e. The molecule has 0 aromatic heterocycles. The van der Waals surface area contributed by atoms with Crippen molar-refractivity contribution in [2.45, 2.75) is 50.0 Å². The molecule has 2 aromatic rings. The fourth-order valence-electron chi connectivity index (χ4n) is 3.61. The average molecular weight is 435 g/mol. The van der Waals surface area contributed by atoms with Gasteiger partial charge in [0, 0.05) is 18.7 Å². The quantitative estimate of drug-likeness (QED) is 0.711. The van der Waals surface area contributed by atoms with Crippen LogP contribution in [0.15, 0.2) is 53.4 Å². The van der Waals surface area contributed by atoms with Gasteiger partial charge in [-0.3, -0.25) is 4.79 Å². The predicted molar refractivity (Wildman–Crippen MR) is 116 cm³/mol. The van der Waals surface area contributed by atoms with E-state index in [2.05, 4.69) is 5.32 Å². The lowest BCUT2D eigenvalue weighted by atomic mass is 10.0. The number of carbonyl (C=O) groups excluding carboxylic acids is 1. The summed E-state index contributed by atoms with van der Waals surface area (Å²) in [6, 6.07) is 14.0. The van der Waals surface area contributed by atoms with Crippen LogP contribution < -0.4 is 5.32 Å². The molecule has 0 aliphatic carbocycles. The smallest absolute Gasteiger partial charge is 0.251 e. The zero-order valence-electron chi connectivity index (χ0n) is 16.6. The second-order valence-corrected chi connectivity index (χ2v) is 9.62. The number of rotatable bonds is 6. The Morgan fingerprint density at radius 3 is 2.34 bits per heavy atom. The number of sulfonamides is 1. The zero-order chi connectivity index (χ0) is 20.9. The molecule has 0 radical (unpaired) electrons. The third-order valence-electron chi connectivity index (χ3n) is 5.29. The Morgan fingerprint density at radius 1 is 1.07 bits per heavy atom. The summed E-state index contributed by atoms with van der Waals surface area (Å²) in [6.45, 7) is 2.97. The molecule has 1 saturated heterocycles. The molecule has 0 saturated carbocycles. The first-order valence-electron chi connectivity index (χ1n) is 10.1. The largest absolute Gasteiger partial charge is 0.345 e. The fraction of sp³-hybridized carbons (Fsp3) is 0.409. The van der Waals surface area contributed by atoms with Crippen LogP contribution in [0.25, 0.3) is 0 Å². The second-order valence-electron chi connectivity index (χ2n) is 7.31. The standard InChI is InChI=1S/C22H27ClN2O3S/c1-2-20(17-10-6-5-7-11-17)24-22(26)18-12-13-19(23)21(16-18)29(27,28)25-14-8-3-4-9-15-25/h5-7,10-13,16,20H,2-4,8-9,14-15H2,1H3,(H,24,26)/t20-/m1/s1. The number of benzene rings is 2. The van der Waals surface area contributed by atoms with Crippen molar-refractivity contribution < 1.29 is 13.2 Å². The molecule has 1 atom stereocenters. The van der Waals surface area contributed by atoms with Gasteiger partial charge >= 0.3 is 0 Å². The van der Waals surface area contributed by atoms with Gasteiger partial charge in [-0.25, -0.2) is 8.42 Å². The highest BCUT2D eigenvalue weighted by atomic mass is 35.5. The van der Waals surface area contributed by atoms with Gasteiger partial charge in [0.15, 0.2) is 0 Å². The zero-order valence-corrected chi connectivity index (χ0v) is 18.2. The van der Waals surface area contributed by atoms with Crippen molar-refractivity contribution in [3.63, 3.8) is 0 Å². The van der Waals surface area contributed by atoms with Gasteiger partial charge in [-0.15, -0.1) is 0 Å². The summed E-state index contributed by atoms with van der Waals surface area (Å²) in [5, 5.41) is 3.14. The van der Waals surface area contributed by atoms with E-state index < -0.39 is 10.0 Å². The van der Waals surface area contributed by atoms with Crippen LogP contribution in [0.3, 0.4) is 0 Å². The lowest BCUT2D eigenvalue weighted by Gasteiger charge is -2.21.